The second-order valence-corrected chi connectivity index (χ2v) is 5.88. The number of hydrogen-bond acceptors (Lipinski definition) is 5. The summed E-state index contributed by atoms with van der Waals surface area (Å²) in [6, 6.07) is 5.95. The monoisotopic (exact) mass is 348 g/mol. The fourth-order valence-electron chi connectivity index (χ4n) is 2.20. The number of hydrogen-bond donors (Lipinski definition) is 1. The van der Waals surface area contributed by atoms with Crippen LogP contribution in [0.15, 0.2) is 29.4 Å². The first-order valence-electron chi connectivity index (χ1n) is 8.09. The van der Waals surface area contributed by atoms with Gasteiger partial charge >= 0.3 is 5.97 Å². The van der Waals surface area contributed by atoms with Crippen LogP contribution in [0.2, 0.25) is 0 Å². The topological polar surface area (TPSA) is 113 Å². The summed E-state index contributed by atoms with van der Waals surface area (Å²) in [5.74, 6) is -0.257. The van der Waals surface area contributed by atoms with Crippen molar-refractivity contribution in [2.24, 2.45) is 11.0 Å². The van der Waals surface area contributed by atoms with Crippen molar-refractivity contribution in [1.29, 1.82) is 0 Å². The SMILES string of the molecule is CCC(=O)OC(C(=O)Nc1ccc(OC)cc1)[C@@H](CC(C)C)N=[N+]=[N-]. The Kier molecular flexibility index (Phi) is 8.29. The Balaban J connectivity index is 3.00. The summed E-state index contributed by atoms with van der Waals surface area (Å²) in [7, 11) is 1.55. The van der Waals surface area contributed by atoms with Gasteiger partial charge in [-0.05, 0) is 42.1 Å². The Morgan fingerprint density at radius 3 is 2.40 bits per heavy atom. The third-order valence-corrected chi connectivity index (χ3v) is 3.43. The summed E-state index contributed by atoms with van der Waals surface area (Å²) >= 11 is 0. The van der Waals surface area contributed by atoms with Crippen molar-refractivity contribution in [1.82, 2.24) is 0 Å². The Bertz CT molecular complexity index is 624. The predicted octanol–water partition coefficient (Wildman–Crippen LogP) is 3.68. The molecule has 25 heavy (non-hydrogen) atoms. The molecule has 1 aromatic carbocycles. The molecule has 0 aliphatic carbocycles. The number of methoxy groups -OCH3 is 1. The van der Waals surface area contributed by atoms with Crippen molar-refractivity contribution in [2.75, 3.05) is 12.4 Å². The van der Waals surface area contributed by atoms with Crippen LogP contribution in [0.4, 0.5) is 5.69 Å². The Hall–Kier alpha value is -2.73. The molecule has 0 aromatic heterocycles. The number of carbonyl (C=O) groups is 2. The number of esters is 1. The average Bonchev–Trinajstić information content (AvgIpc) is 2.59. The molecule has 8 nitrogen and oxygen atoms in total. The zero-order valence-corrected chi connectivity index (χ0v) is 14.9. The molecule has 8 heteroatoms. The van der Waals surface area contributed by atoms with Crippen molar-refractivity contribution in [3.05, 3.63) is 34.7 Å². The van der Waals surface area contributed by atoms with Crippen LogP contribution in [0.1, 0.15) is 33.6 Å². The van der Waals surface area contributed by atoms with Crippen molar-refractivity contribution in [3.63, 3.8) is 0 Å². The zero-order chi connectivity index (χ0) is 18.8. The van der Waals surface area contributed by atoms with Gasteiger partial charge in [0.1, 0.15) is 5.75 Å². The smallest absolute Gasteiger partial charge is 0.306 e. The van der Waals surface area contributed by atoms with Gasteiger partial charge in [0, 0.05) is 17.0 Å². The highest BCUT2D eigenvalue weighted by molar-refractivity contribution is 5.96. The molecular formula is C17H24N4O4. The number of nitrogens with one attached hydrogen (secondary N) is 1. The van der Waals surface area contributed by atoms with Gasteiger partial charge in [-0.25, -0.2) is 0 Å². The first-order valence-corrected chi connectivity index (χ1v) is 8.09. The lowest BCUT2D eigenvalue weighted by Crippen LogP contribution is -2.41. The predicted molar refractivity (Wildman–Crippen MR) is 94.2 cm³/mol. The van der Waals surface area contributed by atoms with E-state index in [1.54, 1.807) is 38.3 Å². The van der Waals surface area contributed by atoms with Crippen LogP contribution >= 0.6 is 0 Å². The lowest BCUT2D eigenvalue weighted by atomic mass is 9.99. The Morgan fingerprint density at radius 1 is 1.28 bits per heavy atom. The van der Waals surface area contributed by atoms with Crippen molar-refractivity contribution in [2.45, 2.75) is 45.8 Å². The summed E-state index contributed by atoms with van der Waals surface area (Å²) < 4.78 is 10.3. The number of carbonyl (C=O) groups excluding carboxylic acids is 2. The summed E-state index contributed by atoms with van der Waals surface area (Å²) in [6.45, 7) is 5.49. The molecule has 0 saturated carbocycles. The molecule has 1 unspecified atom stereocenters. The minimum Gasteiger partial charge on any atom is -0.497 e. The van der Waals surface area contributed by atoms with Crippen LogP contribution in [-0.4, -0.2) is 31.1 Å². The Morgan fingerprint density at radius 2 is 1.92 bits per heavy atom. The van der Waals surface area contributed by atoms with Gasteiger partial charge < -0.3 is 14.8 Å². The standard InChI is InChI=1S/C17H24N4O4/c1-5-15(22)25-16(14(20-21-18)10-11(2)3)17(23)19-12-6-8-13(24-4)9-7-12/h6-9,11,14,16H,5,10H2,1-4H3,(H,19,23)/t14-,16?/m1/s1. The number of ether oxygens (including phenoxy) is 2. The lowest BCUT2D eigenvalue weighted by Gasteiger charge is -2.24. The molecule has 1 amide bonds. The maximum absolute atomic E-state index is 12.6. The van der Waals surface area contributed by atoms with Gasteiger partial charge in [-0.1, -0.05) is 25.9 Å². The van der Waals surface area contributed by atoms with Gasteiger partial charge in [0.15, 0.2) is 6.10 Å². The minimum atomic E-state index is -1.19. The molecule has 0 bridgehead atoms. The first kappa shape index (κ1) is 20.3. The molecule has 0 aliphatic rings. The summed E-state index contributed by atoms with van der Waals surface area (Å²) in [5, 5.41) is 6.34. The van der Waals surface area contributed by atoms with Gasteiger partial charge in [-0.2, -0.15) is 0 Å². The van der Waals surface area contributed by atoms with E-state index in [-0.39, 0.29) is 12.3 Å². The summed E-state index contributed by atoms with van der Waals surface area (Å²) in [4.78, 5) is 27.1. The fraction of sp³-hybridized carbons (Fsp3) is 0.529. The molecule has 1 aromatic rings. The van der Waals surface area contributed by atoms with Gasteiger partial charge in [0.25, 0.3) is 5.91 Å². The van der Waals surface area contributed by atoms with Crippen LogP contribution in [0.3, 0.4) is 0 Å². The average molecular weight is 348 g/mol. The highest BCUT2D eigenvalue weighted by atomic mass is 16.5. The van der Waals surface area contributed by atoms with E-state index in [9.17, 15) is 9.59 Å². The van der Waals surface area contributed by atoms with Gasteiger partial charge in [0.05, 0.1) is 13.2 Å². The fourth-order valence-corrected chi connectivity index (χ4v) is 2.20. The number of amides is 1. The van der Waals surface area contributed by atoms with E-state index < -0.39 is 24.0 Å². The number of nitrogens with zero attached hydrogens (tertiary/aromatic N) is 3. The number of azide groups is 1. The molecule has 0 radical (unpaired) electrons. The van der Waals surface area contributed by atoms with Crippen LogP contribution in [0.25, 0.3) is 10.4 Å². The largest absolute Gasteiger partial charge is 0.497 e. The van der Waals surface area contributed by atoms with Crippen LogP contribution < -0.4 is 10.1 Å². The maximum atomic E-state index is 12.6. The third-order valence-electron chi connectivity index (χ3n) is 3.43. The van der Waals surface area contributed by atoms with Crippen molar-refractivity contribution >= 4 is 17.6 Å². The number of rotatable bonds is 9. The van der Waals surface area contributed by atoms with E-state index in [1.807, 2.05) is 13.8 Å². The summed E-state index contributed by atoms with van der Waals surface area (Å²) in [5.41, 5.74) is 9.31. The molecular weight excluding hydrogens is 324 g/mol. The molecule has 136 valence electrons. The van der Waals surface area contributed by atoms with Gasteiger partial charge in [-0.3, -0.25) is 9.59 Å². The quantitative estimate of drug-likeness (QED) is 0.317. The number of benzene rings is 1. The van der Waals surface area contributed by atoms with E-state index in [0.717, 1.165) is 0 Å². The molecule has 0 fully saturated rings. The van der Waals surface area contributed by atoms with Gasteiger partial charge in [-0.15, -0.1) is 0 Å². The minimum absolute atomic E-state index is 0.122. The molecule has 1 rings (SSSR count). The molecule has 0 saturated heterocycles. The number of anilines is 1. The third kappa shape index (κ3) is 6.73. The Labute approximate surface area is 147 Å². The van der Waals surface area contributed by atoms with Crippen LogP contribution in [0.5, 0.6) is 5.75 Å². The molecule has 2 atom stereocenters. The maximum Gasteiger partial charge on any atom is 0.306 e. The highest BCUT2D eigenvalue weighted by Crippen LogP contribution is 2.19. The lowest BCUT2D eigenvalue weighted by molar-refractivity contribution is -0.155. The molecule has 1 N–H and O–H groups in total. The second kappa shape index (κ2) is 10.2. The van der Waals surface area contributed by atoms with E-state index in [2.05, 4.69) is 15.3 Å². The second-order valence-electron chi connectivity index (χ2n) is 5.88. The van der Waals surface area contributed by atoms with Crippen molar-refractivity contribution < 1.29 is 19.1 Å². The summed E-state index contributed by atoms with van der Waals surface area (Å²) in [6.07, 6.45) is -0.647. The first-order chi connectivity index (χ1) is 11.9. The van der Waals surface area contributed by atoms with E-state index in [4.69, 9.17) is 15.0 Å². The van der Waals surface area contributed by atoms with Crippen LogP contribution in [0, 0.1) is 5.92 Å². The molecule has 0 spiro atoms. The van der Waals surface area contributed by atoms with Crippen LogP contribution in [-0.2, 0) is 14.3 Å². The van der Waals surface area contributed by atoms with E-state index in [0.29, 0.717) is 17.9 Å². The van der Waals surface area contributed by atoms with E-state index in [1.165, 1.54) is 0 Å². The zero-order valence-electron chi connectivity index (χ0n) is 14.9. The highest BCUT2D eigenvalue weighted by Gasteiger charge is 2.31. The van der Waals surface area contributed by atoms with Crippen molar-refractivity contribution in [3.8, 4) is 5.75 Å². The van der Waals surface area contributed by atoms with E-state index >= 15 is 0 Å². The normalized spacial score (nSPS) is 12.7. The molecule has 0 heterocycles. The van der Waals surface area contributed by atoms with Gasteiger partial charge in [0.2, 0.25) is 0 Å². The molecule has 0 aliphatic heterocycles.